The number of nitrogens with one attached hydrogen (secondary N) is 1. The molecule has 0 bridgehead atoms. The maximum atomic E-state index is 12.1. The van der Waals surface area contributed by atoms with Gasteiger partial charge in [-0.15, -0.1) is 0 Å². The van der Waals surface area contributed by atoms with Crippen LogP contribution in [-0.2, 0) is 11.2 Å². The molecule has 0 saturated heterocycles. The molecule has 17 heavy (non-hydrogen) atoms. The van der Waals surface area contributed by atoms with Crippen molar-refractivity contribution in [2.75, 3.05) is 6.54 Å². The lowest BCUT2D eigenvalue weighted by Crippen LogP contribution is -2.22. The molecule has 1 unspecified atom stereocenters. The number of carbonyl (C=O) groups excluding carboxylic acids is 1. The standard InChI is InChI=1S/C14H18N2O/c17-13(7-9-15-11-4-5-11)12-6-3-10-2-1-8-16-14(10)12/h1-2,8,11-12,15H,3-7,9H2. The number of pyridine rings is 1. The van der Waals surface area contributed by atoms with Crippen molar-refractivity contribution in [3.8, 4) is 0 Å². The highest BCUT2D eigenvalue weighted by molar-refractivity contribution is 5.86. The molecular formula is C14H18N2O. The Bertz CT molecular complexity index is 426. The zero-order valence-corrected chi connectivity index (χ0v) is 9.98. The third-order valence-corrected chi connectivity index (χ3v) is 3.73. The largest absolute Gasteiger partial charge is 0.314 e. The van der Waals surface area contributed by atoms with Gasteiger partial charge in [0.1, 0.15) is 5.78 Å². The van der Waals surface area contributed by atoms with E-state index >= 15 is 0 Å². The van der Waals surface area contributed by atoms with Crippen molar-refractivity contribution in [2.45, 2.75) is 44.1 Å². The average molecular weight is 230 g/mol. The Morgan fingerprint density at radius 1 is 1.41 bits per heavy atom. The van der Waals surface area contributed by atoms with Gasteiger partial charge in [-0.25, -0.2) is 0 Å². The topological polar surface area (TPSA) is 42.0 Å². The summed E-state index contributed by atoms with van der Waals surface area (Å²) in [6.07, 6.45) is 6.97. The van der Waals surface area contributed by atoms with Crippen molar-refractivity contribution in [2.24, 2.45) is 0 Å². The lowest BCUT2D eigenvalue weighted by atomic mass is 9.99. The lowest BCUT2D eigenvalue weighted by Gasteiger charge is -2.09. The minimum absolute atomic E-state index is 0.0622. The van der Waals surface area contributed by atoms with E-state index in [1.54, 1.807) is 6.20 Å². The van der Waals surface area contributed by atoms with Crippen LogP contribution in [0, 0.1) is 0 Å². The van der Waals surface area contributed by atoms with Crippen LogP contribution in [0.5, 0.6) is 0 Å². The Kier molecular flexibility index (Phi) is 2.93. The summed E-state index contributed by atoms with van der Waals surface area (Å²) in [5, 5.41) is 3.39. The number of fused-ring (bicyclic) bond motifs is 1. The Hall–Kier alpha value is -1.22. The molecule has 1 aromatic heterocycles. The third-order valence-electron chi connectivity index (χ3n) is 3.73. The zero-order valence-electron chi connectivity index (χ0n) is 9.98. The highest BCUT2D eigenvalue weighted by atomic mass is 16.1. The fourth-order valence-electron chi connectivity index (χ4n) is 2.59. The van der Waals surface area contributed by atoms with E-state index in [2.05, 4.69) is 16.4 Å². The molecule has 0 aromatic carbocycles. The summed E-state index contributed by atoms with van der Waals surface area (Å²) in [4.78, 5) is 16.5. The molecule has 1 atom stereocenters. The summed E-state index contributed by atoms with van der Waals surface area (Å²) < 4.78 is 0. The fourth-order valence-corrected chi connectivity index (χ4v) is 2.59. The van der Waals surface area contributed by atoms with Crippen molar-refractivity contribution in [1.82, 2.24) is 10.3 Å². The predicted molar refractivity (Wildman–Crippen MR) is 65.9 cm³/mol. The van der Waals surface area contributed by atoms with Crippen LogP contribution in [-0.4, -0.2) is 23.4 Å². The summed E-state index contributed by atoms with van der Waals surface area (Å²) in [5.74, 6) is 0.419. The van der Waals surface area contributed by atoms with Crippen LogP contribution in [0.15, 0.2) is 18.3 Å². The van der Waals surface area contributed by atoms with Crippen molar-refractivity contribution in [1.29, 1.82) is 0 Å². The van der Waals surface area contributed by atoms with E-state index in [4.69, 9.17) is 0 Å². The van der Waals surface area contributed by atoms with Crippen LogP contribution >= 0.6 is 0 Å². The Balaban J connectivity index is 1.58. The SMILES string of the molecule is O=C(CCNC1CC1)C1CCc2cccnc21. The third kappa shape index (κ3) is 2.39. The molecule has 1 saturated carbocycles. The smallest absolute Gasteiger partial charge is 0.143 e. The summed E-state index contributed by atoms with van der Waals surface area (Å²) in [7, 11) is 0. The summed E-state index contributed by atoms with van der Waals surface area (Å²) in [5.41, 5.74) is 2.30. The molecule has 3 rings (SSSR count). The molecule has 3 nitrogen and oxygen atoms in total. The van der Waals surface area contributed by atoms with E-state index < -0.39 is 0 Å². The molecule has 0 aliphatic heterocycles. The first-order valence-corrected chi connectivity index (χ1v) is 6.54. The first-order chi connectivity index (χ1) is 8.34. The van der Waals surface area contributed by atoms with Gasteiger partial charge >= 0.3 is 0 Å². The van der Waals surface area contributed by atoms with Crippen LogP contribution in [0.1, 0.15) is 42.9 Å². The number of Topliss-reactive ketones (excluding diaryl/α,β-unsaturated/α-hetero) is 1. The van der Waals surface area contributed by atoms with Crippen molar-refractivity contribution < 1.29 is 4.79 Å². The second kappa shape index (κ2) is 4.57. The maximum absolute atomic E-state index is 12.1. The number of hydrogen-bond donors (Lipinski definition) is 1. The van der Waals surface area contributed by atoms with E-state index in [0.29, 0.717) is 18.2 Å². The maximum Gasteiger partial charge on any atom is 0.143 e. The van der Waals surface area contributed by atoms with Gasteiger partial charge in [-0.05, 0) is 37.3 Å². The number of ketones is 1. The highest BCUT2D eigenvalue weighted by Gasteiger charge is 2.29. The summed E-state index contributed by atoms with van der Waals surface area (Å²) >= 11 is 0. The molecule has 0 radical (unpaired) electrons. The average Bonchev–Trinajstić information content (AvgIpc) is 3.07. The predicted octanol–water partition coefficient (Wildman–Crippen LogP) is 1.82. The minimum Gasteiger partial charge on any atom is -0.314 e. The molecule has 1 fully saturated rings. The van der Waals surface area contributed by atoms with E-state index in [1.807, 2.05) is 6.07 Å². The zero-order chi connectivity index (χ0) is 11.7. The molecule has 90 valence electrons. The second-order valence-corrected chi connectivity index (χ2v) is 5.08. The highest BCUT2D eigenvalue weighted by Crippen LogP contribution is 2.32. The second-order valence-electron chi connectivity index (χ2n) is 5.08. The van der Waals surface area contributed by atoms with Crippen LogP contribution in [0.3, 0.4) is 0 Å². The van der Waals surface area contributed by atoms with Crippen molar-refractivity contribution in [3.63, 3.8) is 0 Å². The quantitative estimate of drug-likeness (QED) is 0.839. The molecule has 1 heterocycles. The van der Waals surface area contributed by atoms with Gasteiger partial charge in [0.2, 0.25) is 0 Å². The van der Waals surface area contributed by atoms with Gasteiger partial charge in [0.05, 0.1) is 11.6 Å². The lowest BCUT2D eigenvalue weighted by molar-refractivity contribution is -0.120. The van der Waals surface area contributed by atoms with Crippen LogP contribution in [0.2, 0.25) is 0 Å². The molecule has 0 amide bonds. The molecule has 3 heteroatoms. The number of aromatic nitrogens is 1. The van der Waals surface area contributed by atoms with E-state index in [9.17, 15) is 4.79 Å². The van der Waals surface area contributed by atoms with Gasteiger partial charge in [0.25, 0.3) is 0 Å². The molecule has 2 aliphatic carbocycles. The fraction of sp³-hybridized carbons (Fsp3) is 0.571. The van der Waals surface area contributed by atoms with E-state index in [1.165, 1.54) is 18.4 Å². The van der Waals surface area contributed by atoms with Gasteiger partial charge in [-0.2, -0.15) is 0 Å². The van der Waals surface area contributed by atoms with Crippen LogP contribution in [0.4, 0.5) is 0 Å². The van der Waals surface area contributed by atoms with Crippen molar-refractivity contribution in [3.05, 3.63) is 29.6 Å². The number of aryl methyl sites for hydroxylation is 1. The van der Waals surface area contributed by atoms with Gasteiger partial charge in [0, 0.05) is 25.2 Å². The molecular weight excluding hydrogens is 212 g/mol. The number of nitrogens with zero attached hydrogens (tertiary/aromatic N) is 1. The molecule has 2 aliphatic rings. The van der Waals surface area contributed by atoms with Gasteiger partial charge in [-0.1, -0.05) is 6.07 Å². The summed E-state index contributed by atoms with van der Waals surface area (Å²) in [6.45, 7) is 0.835. The molecule has 1 N–H and O–H groups in total. The first-order valence-electron chi connectivity index (χ1n) is 6.54. The van der Waals surface area contributed by atoms with Crippen LogP contribution in [0.25, 0.3) is 0 Å². The number of carbonyl (C=O) groups is 1. The normalized spacial score (nSPS) is 22.5. The van der Waals surface area contributed by atoms with E-state index in [-0.39, 0.29) is 5.92 Å². The molecule has 1 aromatic rings. The van der Waals surface area contributed by atoms with Gasteiger partial charge < -0.3 is 5.32 Å². The van der Waals surface area contributed by atoms with Crippen molar-refractivity contribution >= 4 is 5.78 Å². The number of rotatable bonds is 5. The Labute approximate surface area is 102 Å². The Morgan fingerprint density at radius 2 is 2.29 bits per heavy atom. The monoisotopic (exact) mass is 230 g/mol. The summed E-state index contributed by atoms with van der Waals surface area (Å²) in [6, 6.07) is 4.75. The number of hydrogen-bond acceptors (Lipinski definition) is 3. The molecule has 0 spiro atoms. The van der Waals surface area contributed by atoms with Crippen LogP contribution < -0.4 is 5.32 Å². The van der Waals surface area contributed by atoms with Gasteiger partial charge in [0.15, 0.2) is 0 Å². The Morgan fingerprint density at radius 3 is 3.12 bits per heavy atom. The minimum atomic E-state index is 0.0622. The van der Waals surface area contributed by atoms with E-state index in [0.717, 1.165) is 25.1 Å². The first kappa shape index (κ1) is 10.9. The van der Waals surface area contributed by atoms with Gasteiger partial charge in [-0.3, -0.25) is 9.78 Å².